The van der Waals surface area contributed by atoms with Crippen molar-refractivity contribution in [2.75, 3.05) is 6.54 Å². The van der Waals surface area contributed by atoms with Crippen LogP contribution in [0.15, 0.2) is 49.3 Å². The average molecular weight is 410 g/mol. The van der Waals surface area contributed by atoms with Gasteiger partial charge in [0.15, 0.2) is 0 Å². The quantitative estimate of drug-likeness (QED) is 0.563. The molecule has 1 aromatic carbocycles. The lowest BCUT2D eigenvalue weighted by molar-refractivity contribution is -0.127. The lowest BCUT2D eigenvalue weighted by Crippen LogP contribution is -2.37. The third kappa shape index (κ3) is 3.25. The lowest BCUT2D eigenvalue weighted by Gasteiger charge is -2.33. The molecule has 0 spiro atoms. The van der Waals surface area contributed by atoms with E-state index in [-0.39, 0.29) is 11.8 Å². The van der Waals surface area contributed by atoms with Gasteiger partial charge in [0.1, 0.15) is 6.33 Å². The molecule has 28 heavy (non-hydrogen) atoms. The van der Waals surface area contributed by atoms with E-state index in [0.29, 0.717) is 13.1 Å². The van der Waals surface area contributed by atoms with Gasteiger partial charge in [-0.3, -0.25) is 4.79 Å². The second-order valence-corrected chi connectivity index (χ2v) is 8.68. The monoisotopic (exact) mass is 409 g/mol. The van der Waals surface area contributed by atoms with Crippen molar-refractivity contribution in [2.45, 2.75) is 26.3 Å². The number of benzene rings is 1. The van der Waals surface area contributed by atoms with Gasteiger partial charge in [-0.15, -0.1) is 11.3 Å². The second-order valence-electron chi connectivity index (χ2n) is 6.91. The molecule has 0 unspecified atom stereocenters. The summed E-state index contributed by atoms with van der Waals surface area (Å²) in [7, 11) is 0. The number of nitrogens with zero attached hydrogens (tertiary/aromatic N) is 3. The highest BCUT2D eigenvalue weighted by Gasteiger charge is 2.32. The minimum absolute atomic E-state index is 0.0339. The highest BCUT2D eigenvalue weighted by Crippen LogP contribution is 2.43. The summed E-state index contributed by atoms with van der Waals surface area (Å²) < 4.78 is 0.746. The number of thiophene rings is 1. The predicted molar refractivity (Wildman–Crippen MR) is 114 cm³/mol. The van der Waals surface area contributed by atoms with E-state index >= 15 is 0 Å². The topological polar surface area (TPSA) is 46.1 Å². The molecule has 3 heterocycles. The molecule has 1 aliphatic heterocycles. The van der Waals surface area contributed by atoms with Crippen LogP contribution in [0.1, 0.15) is 33.3 Å². The first-order chi connectivity index (χ1) is 13.5. The van der Waals surface area contributed by atoms with Gasteiger partial charge in [0.05, 0.1) is 10.9 Å². The number of aromatic nitrogens is 2. The van der Waals surface area contributed by atoms with E-state index in [2.05, 4.69) is 28.7 Å². The third-order valence-electron chi connectivity index (χ3n) is 5.24. The maximum Gasteiger partial charge on any atom is 0.246 e. The Balaban J connectivity index is 1.89. The van der Waals surface area contributed by atoms with E-state index in [1.54, 1.807) is 17.7 Å². The smallest absolute Gasteiger partial charge is 0.246 e. The van der Waals surface area contributed by atoms with Crippen molar-refractivity contribution >= 4 is 28.8 Å². The number of hydrogen-bond donors (Lipinski definition) is 0. The molecule has 1 atom stereocenters. The van der Waals surface area contributed by atoms with Gasteiger partial charge in [0.2, 0.25) is 5.91 Å². The van der Waals surface area contributed by atoms with Gasteiger partial charge >= 0.3 is 0 Å². The van der Waals surface area contributed by atoms with Gasteiger partial charge in [-0.25, -0.2) is 9.97 Å². The summed E-state index contributed by atoms with van der Waals surface area (Å²) in [6.45, 7) is 8.82. The number of rotatable bonds is 3. The van der Waals surface area contributed by atoms with Crippen LogP contribution in [-0.4, -0.2) is 27.3 Å². The molecule has 0 aliphatic carbocycles. The normalized spacial score (nSPS) is 16.0. The van der Waals surface area contributed by atoms with Crippen LogP contribution in [0.5, 0.6) is 0 Å². The Labute approximate surface area is 173 Å². The summed E-state index contributed by atoms with van der Waals surface area (Å²) in [6.07, 6.45) is 2.97. The molecule has 0 radical (unpaired) electrons. The number of aryl methyl sites for hydroxylation is 2. The van der Waals surface area contributed by atoms with E-state index in [4.69, 9.17) is 11.6 Å². The standard InChI is InChI=1S/C22H20ClN3OS/c1-4-21(27)26-10-18(17-9-20(23)28-19(17)11-26)15-7-5-6-8-16(15)22-13(2)24-12-25-14(22)3/h4-9,12,18H,1,10-11H2,2-3H3/t18-/m0/s1. The fraction of sp³-hybridized carbons (Fsp3) is 0.227. The van der Waals surface area contributed by atoms with Gasteiger partial charge in [0.25, 0.3) is 0 Å². The summed E-state index contributed by atoms with van der Waals surface area (Å²) in [4.78, 5) is 24.1. The Morgan fingerprint density at radius 2 is 1.96 bits per heavy atom. The zero-order valence-corrected chi connectivity index (χ0v) is 17.3. The molecule has 1 aliphatic rings. The first kappa shape index (κ1) is 18.8. The van der Waals surface area contributed by atoms with Crippen molar-refractivity contribution in [3.05, 3.63) is 81.0 Å². The molecule has 4 rings (SSSR count). The Kier molecular flexibility index (Phi) is 5.04. The van der Waals surface area contributed by atoms with Gasteiger partial charge in [-0.2, -0.15) is 0 Å². The number of fused-ring (bicyclic) bond motifs is 1. The molecule has 3 aromatic rings. The molecule has 0 N–H and O–H groups in total. The van der Waals surface area contributed by atoms with Crippen LogP contribution in [0, 0.1) is 13.8 Å². The van der Waals surface area contributed by atoms with Crippen molar-refractivity contribution in [3.8, 4) is 11.1 Å². The molecule has 2 aromatic heterocycles. The van der Waals surface area contributed by atoms with Crippen LogP contribution in [0.2, 0.25) is 4.34 Å². The molecule has 1 amide bonds. The van der Waals surface area contributed by atoms with Crippen LogP contribution in [0.3, 0.4) is 0 Å². The molecular weight excluding hydrogens is 390 g/mol. The van der Waals surface area contributed by atoms with Gasteiger partial charge in [-0.05, 0) is 42.7 Å². The maximum atomic E-state index is 12.4. The fourth-order valence-electron chi connectivity index (χ4n) is 3.96. The molecule has 0 fully saturated rings. The summed E-state index contributed by atoms with van der Waals surface area (Å²) >= 11 is 7.89. The molecule has 0 bridgehead atoms. The molecular formula is C22H20ClN3OS. The summed E-state index contributed by atoms with van der Waals surface area (Å²) in [5, 5.41) is 0. The summed E-state index contributed by atoms with van der Waals surface area (Å²) in [5.41, 5.74) is 6.39. The number of hydrogen-bond acceptors (Lipinski definition) is 4. The van der Waals surface area contributed by atoms with Crippen LogP contribution in [0.25, 0.3) is 11.1 Å². The molecule has 0 saturated heterocycles. The lowest BCUT2D eigenvalue weighted by atomic mass is 9.83. The maximum absolute atomic E-state index is 12.4. The third-order valence-corrected chi connectivity index (χ3v) is 6.51. The largest absolute Gasteiger partial charge is 0.333 e. The highest BCUT2D eigenvalue weighted by molar-refractivity contribution is 7.16. The Morgan fingerprint density at radius 3 is 2.68 bits per heavy atom. The Morgan fingerprint density at radius 1 is 1.25 bits per heavy atom. The highest BCUT2D eigenvalue weighted by atomic mass is 35.5. The van der Waals surface area contributed by atoms with Crippen LogP contribution in [0.4, 0.5) is 0 Å². The van der Waals surface area contributed by atoms with E-state index < -0.39 is 0 Å². The van der Waals surface area contributed by atoms with Crippen molar-refractivity contribution < 1.29 is 4.79 Å². The van der Waals surface area contributed by atoms with Gasteiger partial charge in [-0.1, -0.05) is 42.4 Å². The van der Waals surface area contributed by atoms with E-state index in [0.717, 1.165) is 37.3 Å². The number of halogens is 1. The Hall–Kier alpha value is -2.50. The zero-order valence-electron chi connectivity index (χ0n) is 15.8. The first-order valence-corrected chi connectivity index (χ1v) is 10.3. The van der Waals surface area contributed by atoms with Crippen LogP contribution in [-0.2, 0) is 11.3 Å². The van der Waals surface area contributed by atoms with Gasteiger partial charge in [0, 0.05) is 34.3 Å². The van der Waals surface area contributed by atoms with Gasteiger partial charge < -0.3 is 4.90 Å². The van der Waals surface area contributed by atoms with Crippen LogP contribution >= 0.6 is 22.9 Å². The van der Waals surface area contributed by atoms with Crippen molar-refractivity contribution in [1.29, 1.82) is 0 Å². The fourth-order valence-corrected chi connectivity index (χ4v) is 5.32. The van der Waals surface area contributed by atoms with E-state index in [9.17, 15) is 4.79 Å². The minimum Gasteiger partial charge on any atom is -0.333 e. The summed E-state index contributed by atoms with van der Waals surface area (Å²) in [6, 6.07) is 10.3. The average Bonchev–Trinajstić information content (AvgIpc) is 3.07. The number of carbonyl (C=O) groups excluding carboxylic acids is 1. The minimum atomic E-state index is -0.0620. The molecule has 142 valence electrons. The number of amides is 1. The van der Waals surface area contributed by atoms with Crippen molar-refractivity contribution in [2.24, 2.45) is 0 Å². The van der Waals surface area contributed by atoms with Crippen molar-refractivity contribution in [1.82, 2.24) is 14.9 Å². The number of carbonyl (C=O) groups is 1. The summed E-state index contributed by atoms with van der Waals surface area (Å²) in [5.74, 6) is -0.0281. The first-order valence-electron chi connectivity index (χ1n) is 9.06. The molecule has 6 heteroatoms. The predicted octanol–water partition coefficient (Wildman–Crippen LogP) is 5.14. The Bertz CT molecular complexity index is 1060. The van der Waals surface area contributed by atoms with E-state index in [1.165, 1.54) is 11.6 Å². The van der Waals surface area contributed by atoms with Crippen LogP contribution < -0.4 is 0 Å². The molecule has 4 nitrogen and oxygen atoms in total. The second kappa shape index (κ2) is 7.49. The molecule has 0 saturated carbocycles. The SMILES string of the molecule is C=CC(=O)N1Cc2sc(Cl)cc2[C@H](c2ccccc2-c2c(C)ncnc2C)C1. The zero-order chi connectivity index (χ0) is 19.8. The van der Waals surface area contributed by atoms with Crippen molar-refractivity contribution in [3.63, 3.8) is 0 Å². The van der Waals surface area contributed by atoms with E-state index in [1.807, 2.05) is 36.9 Å².